The number of hydrogen-bond acceptors (Lipinski definition) is 8. The predicted molar refractivity (Wildman–Crippen MR) is 58.5 cm³/mol. The van der Waals surface area contributed by atoms with Gasteiger partial charge in [-0.25, -0.2) is 10.8 Å². The second-order valence-electron chi connectivity index (χ2n) is 2.94. The van der Waals surface area contributed by atoms with Gasteiger partial charge in [0.05, 0.1) is 12.9 Å². The van der Waals surface area contributed by atoms with Crippen molar-refractivity contribution in [2.45, 2.75) is 6.54 Å². The van der Waals surface area contributed by atoms with Crippen LogP contribution in [0, 0.1) is 22.7 Å². The first-order valence-electron chi connectivity index (χ1n) is 4.42. The Morgan fingerprint density at radius 1 is 1.41 bits per heavy atom. The monoisotopic (exact) mass is 246 g/mol. The molecule has 2 aromatic heterocycles. The van der Waals surface area contributed by atoms with Crippen LogP contribution >= 0.6 is 11.3 Å². The fraction of sp³-hybridized carbons (Fsp3) is 0.125. The lowest BCUT2D eigenvalue weighted by atomic mass is 10.3. The van der Waals surface area contributed by atoms with Gasteiger partial charge < -0.3 is 4.57 Å². The summed E-state index contributed by atoms with van der Waals surface area (Å²) < 4.78 is 1.54. The van der Waals surface area contributed by atoms with Gasteiger partial charge in [0.2, 0.25) is 5.13 Å². The minimum Gasteiger partial charge on any atom is -0.314 e. The molecule has 0 aliphatic heterocycles. The van der Waals surface area contributed by atoms with Gasteiger partial charge in [-0.3, -0.25) is 5.43 Å². The molecule has 0 unspecified atom stereocenters. The Morgan fingerprint density at radius 2 is 2.24 bits per heavy atom. The third-order valence-electron chi connectivity index (χ3n) is 1.95. The van der Waals surface area contributed by atoms with E-state index in [1.54, 1.807) is 4.57 Å². The van der Waals surface area contributed by atoms with E-state index < -0.39 is 0 Å². The average Bonchev–Trinajstić information content (AvgIpc) is 2.95. The van der Waals surface area contributed by atoms with Crippen molar-refractivity contribution in [1.82, 2.24) is 19.7 Å². The molecule has 8 nitrogen and oxygen atoms in total. The van der Waals surface area contributed by atoms with Crippen LogP contribution in [0.5, 0.6) is 0 Å². The van der Waals surface area contributed by atoms with Gasteiger partial charge >= 0.3 is 0 Å². The third kappa shape index (κ3) is 2.06. The second kappa shape index (κ2) is 4.57. The molecular weight excluding hydrogens is 240 g/mol. The maximum absolute atomic E-state index is 8.92. The van der Waals surface area contributed by atoms with Crippen molar-refractivity contribution < 1.29 is 0 Å². The van der Waals surface area contributed by atoms with Crippen molar-refractivity contribution in [2.75, 3.05) is 5.43 Å². The Kier molecular flexibility index (Phi) is 2.96. The zero-order valence-electron chi connectivity index (χ0n) is 8.45. The molecule has 0 atom stereocenters. The fourth-order valence-electron chi connectivity index (χ4n) is 1.22. The van der Waals surface area contributed by atoms with Crippen LogP contribution in [0.4, 0.5) is 5.13 Å². The van der Waals surface area contributed by atoms with Crippen LogP contribution in [0.15, 0.2) is 6.33 Å². The van der Waals surface area contributed by atoms with Crippen LogP contribution < -0.4 is 11.3 Å². The largest absolute Gasteiger partial charge is 0.314 e. The maximum Gasteiger partial charge on any atom is 0.219 e. The highest BCUT2D eigenvalue weighted by atomic mass is 32.1. The number of hydrogen-bond donors (Lipinski definition) is 2. The summed E-state index contributed by atoms with van der Waals surface area (Å²) in [4.78, 5) is 3.82. The average molecular weight is 246 g/mol. The number of nitrogens with one attached hydrogen (secondary N) is 1. The van der Waals surface area contributed by atoms with Crippen LogP contribution in [0.25, 0.3) is 0 Å². The van der Waals surface area contributed by atoms with Crippen LogP contribution in [-0.4, -0.2) is 19.7 Å². The summed E-state index contributed by atoms with van der Waals surface area (Å²) in [5, 5.41) is 26.5. The Labute approximate surface area is 99.9 Å². The number of nitriles is 2. The molecule has 0 saturated heterocycles. The van der Waals surface area contributed by atoms with Crippen molar-refractivity contribution in [3.63, 3.8) is 0 Å². The molecule has 0 spiro atoms. The Bertz CT molecular complexity index is 612. The third-order valence-corrected chi connectivity index (χ3v) is 2.78. The molecule has 3 N–H and O–H groups in total. The summed E-state index contributed by atoms with van der Waals surface area (Å²) in [7, 11) is 0. The minimum absolute atomic E-state index is 0.106. The molecule has 0 aromatic carbocycles. The van der Waals surface area contributed by atoms with Crippen LogP contribution in [0.2, 0.25) is 0 Å². The van der Waals surface area contributed by atoms with Crippen molar-refractivity contribution in [3.05, 3.63) is 22.7 Å². The number of hydrazine groups is 1. The lowest BCUT2D eigenvalue weighted by molar-refractivity contribution is 0.767. The van der Waals surface area contributed by atoms with E-state index in [0.29, 0.717) is 16.7 Å². The van der Waals surface area contributed by atoms with E-state index in [1.807, 2.05) is 12.1 Å². The smallest absolute Gasteiger partial charge is 0.219 e. The van der Waals surface area contributed by atoms with Gasteiger partial charge in [-0.1, -0.05) is 11.3 Å². The molecule has 0 aliphatic rings. The summed E-state index contributed by atoms with van der Waals surface area (Å²) in [6, 6.07) is 3.78. The quantitative estimate of drug-likeness (QED) is 0.567. The van der Waals surface area contributed by atoms with Gasteiger partial charge in [0.25, 0.3) is 0 Å². The second-order valence-corrected chi connectivity index (χ2v) is 4.00. The lowest BCUT2D eigenvalue weighted by Gasteiger charge is -1.98. The summed E-state index contributed by atoms with van der Waals surface area (Å²) in [5.41, 5.74) is 2.70. The van der Waals surface area contributed by atoms with E-state index >= 15 is 0 Å². The molecule has 17 heavy (non-hydrogen) atoms. The minimum atomic E-state index is 0.106. The predicted octanol–water partition coefficient (Wildman–Crippen LogP) is -0.188. The Balaban J connectivity index is 2.28. The molecule has 2 rings (SSSR count). The first-order chi connectivity index (χ1) is 8.28. The molecule has 2 heterocycles. The summed E-state index contributed by atoms with van der Waals surface area (Å²) in [5.74, 6) is 5.18. The van der Waals surface area contributed by atoms with Gasteiger partial charge in [0, 0.05) is 0 Å². The van der Waals surface area contributed by atoms with E-state index in [-0.39, 0.29) is 11.4 Å². The number of aromatic nitrogens is 4. The fourth-order valence-corrected chi connectivity index (χ4v) is 1.87. The number of nitrogens with two attached hydrogens (primary N) is 1. The highest BCUT2D eigenvalue weighted by Crippen LogP contribution is 2.16. The molecule has 9 heteroatoms. The van der Waals surface area contributed by atoms with Gasteiger partial charge in [0.1, 0.15) is 17.1 Å². The summed E-state index contributed by atoms with van der Waals surface area (Å²) >= 11 is 1.26. The SMILES string of the molecule is N#Cc1ncn(Cc2nnc(NN)s2)c1C#N. The van der Waals surface area contributed by atoms with Crippen molar-refractivity contribution in [1.29, 1.82) is 10.5 Å². The van der Waals surface area contributed by atoms with Crippen LogP contribution in [0.1, 0.15) is 16.4 Å². The first-order valence-corrected chi connectivity index (χ1v) is 5.24. The van der Waals surface area contributed by atoms with Crippen molar-refractivity contribution in [2.24, 2.45) is 5.84 Å². The van der Waals surface area contributed by atoms with Crippen molar-refractivity contribution >= 4 is 16.5 Å². The number of anilines is 1. The molecule has 0 amide bonds. The lowest BCUT2D eigenvalue weighted by Crippen LogP contribution is -2.05. The highest BCUT2D eigenvalue weighted by Gasteiger charge is 2.12. The molecule has 0 aliphatic carbocycles. The molecule has 0 saturated carbocycles. The molecule has 0 radical (unpaired) electrons. The molecule has 2 aromatic rings. The van der Waals surface area contributed by atoms with E-state index in [0.717, 1.165) is 0 Å². The number of rotatable bonds is 3. The highest BCUT2D eigenvalue weighted by molar-refractivity contribution is 7.15. The molecule has 0 fully saturated rings. The van der Waals surface area contributed by atoms with Gasteiger partial charge in [-0.15, -0.1) is 10.2 Å². The van der Waals surface area contributed by atoms with Crippen molar-refractivity contribution in [3.8, 4) is 12.1 Å². The van der Waals surface area contributed by atoms with E-state index in [4.69, 9.17) is 16.4 Å². The normalized spacial score (nSPS) is 9.59. The molecular formula is C8H6N8S. The Morgan fingerprint density at radius 3 is 2.82 bits per heavy atom. The summed E-state index contributed by atoms with van der Waals surface area (Å²) in [6.07, 6.45) is 1.42. The molecule has 0 bridgehead atoms. The van der Waals surface area contributed by atoms with Crippen LogP contribution in [0.3, 0.4) is 0 Å². The van der Waals surface area contributed by atoms with E-state index in [9.17, 15) is 0 Å². The summed E-state index contributed by atoms with van der Waals surface area (Å²) in [6.45, 7) is 0.330. The van der Waals surface area contributed by atoms with E-state index in [2.05, 4.69) is 20.6 Å². The standard InChI is InChI=1S/C8H6N8S/c9-1-5-6(2-10)16(4-12-5)3-7-14-15-8(13-11)17-7/h4H,3,11H2,(H,13,15). The van der Waals surface area contributed by atoms with Gasteiger partial charge in [-0.05, 0) is 0 Å². The topological polar surface area (TPSA) is 129 Å². The Hall–Kier alpha value is -2.49. The zero-order valence-corrected chi connectivity index (χ0v) is 9.27. The number of imidazole rings is 1. The van der Waals surface area contributed by atoms with E-state index in [1.165, 1.54) is 17.7 Å². The number of nitrogens with zero attached hydrogens (tertiary/aromatic N) is 6. The first kappa shape index (κ1) is 11.0. The van der Waals surface area contributed by atoms with Crippen LogP contribution in [-0.2, 0) is 6.54 Å². The van der Waals surface area contributed by atoms with Gasteiger partial charge in [-0.2, -0.15) is 10.5 Å². The number of nitrogen functional groups attached to an aromatic ring is 1. The zero-order chi connectivity index (χ0) is 12.3. The van der Waals surface area contributed by atoms with Gasteiger partial charge in [0.15, 0.2) is 11.4 Å². The maximum atomic E-state index is 8.92. The molecule has 84 valence electrons.